The summed E-state index contributed by atoms with van der Waals surface area (Å²) in [5.74, 6) is -0.0521. The largest absolute Gasteiger partial charge is 0.385 e. The summed E-state index contributed by atoms with van der Waals surface area (Å²) in [6.07, 6.45) is 4.34. The van der Waals surface area contributed by atoms with Crippen molar-refractivity contribution in [1.82, 2.24) is 4.90 Å². The summed E-state index contributed by atoms with van der Waals surface area (Å²) in [7, 11) is 1.67. The van der Waals surface area contributed by atoms with E-state index < -0.39 is 5.41 Å². The molecule has 2 amide bonds. The number of nitrogens with two attached hydrogens (primary N) is 1. The number of hydrogen-bond donors (Lipinski definition) is 1. The lowest BCUT2D eigenvalue weighted by Gasteiger charge is -2.43. The highest BCUT2D eigenvalue weighted by Gasteiger charge is 2.56. The van der Waals surface area contributed by atoms with E-state index in [1.54, 1.807) is 7.11 Å². The quantitative estimate of drug-likeness (QED) is 0.803. The van der Waals surface area contributed by atoms with Gasteiger partial charge >= 0.3 is 0 Å². The molecule has 3 aliphatic rings. The highest BCUT2D eigenvalue weighted by atomic mass is 16.5. The van der Waals surface area contributed by atoms with Crippen LogP contribution in [0, 0.1) is 16.7 Å². The lowest BCUT2D eigenvalue weighted by molar-refractivity contribution is -0.148. The maximum absolute atomic E-state index is 13.0. The van der Waals surface area contributed by atoms with Crippen LogP contribution < -0.4 is 5.73 Å². The Labute approximate surface area is 131 Å². The number of hydrogen-bond acceptors (Lipinski definition) is 4. The monoisotopic (exact) mass is 310 g/mol. The summed E-state index contributed by atoms with van der Waals surface area (Å²) in [4.78, 5) is 27.0. The number of nitrogens with zero attached hydrogens (tertiary/aromatic N) is 1. The van der Waals surface area contributed by atoms with Crippen molar-refractivity contribution >= 4 is 11.8 Å². The van der Waals surface area contributed by atoms with E-state index in [1.807, 2.05) is 4.90 Å². The molecule has 3 fully saturated rings. The lowest BCUT2D eigenvalue weighted by Crippen LogP contribution is -2.50. The molecule has 0 spiro atoms. The molecule has 6 heteroatoms. The number of carbonyl (C=O) groups is 2. The molecule has 3 rings (SSSR count). The molecule has 2 aliphatic heterocycles. The average Bonchev–Trinajstić information content (AvgIpc) is 2.87. The van der Waals surface area contributed by atoms with Crippen molar-refractivity contribution in [3.05, 3.63) is 0 Å². The van der Waals surface area contributed by atoms with Crippen molar-refractivity contribution in [2.45, 2.75) is 32.1 Å². The predicted octanol–water partition coefficient (Wildman–Crippen LogP) is 0.544. The Kier molecular flexibility index (Phi) is 4.16. The molecule has 2 N–H and O–H groups in total. The molecule has 22 heavy (non-hydrogen) atoms. The molecule has 6 nitrogen and oxygen atoms in total. The molecule has 0 radical (unpaired) electrons. The Morgan fingerprint density at radius 1 is 1.36 bits per heavy atom. The van der Waals surface area contributed by atoms with E-state index in [2.05, 4.69) is 0 Å². The number of likely N-dealkylation sites (tertiary alicyclic amines) is 1. The molecule has 0 bridgehead atoms. The summed E-state index contributed by atoms with van der Waals surface area (Å²) in [6, 6.07) is 0. The van der Waals surface area contributed by atoms with Crippen molar-refractivity contribution in [3.8, 4) is 0 Å². The summed E-state index contributed by atoms with van der Waals surface area (Å²) in [5, 5.41) is 0. The van der Waals surface area contributed by atoms with Crippen LogP contribution in [-0.4, -0.2) is 56.7 Å². The number of primary amides is 1. The van der Waals surface area contributed by atoms with Gasteiger partial charge in [0, 0.05) is 39.3 Å². The third kappa shape index (κ3) is 2.33. The number of fused-ring (bicyclic) bond motifs is 1. The van der Waals surface area contributed by atoms with Crippen LogP contribution in [-0.2, 0) is 19.1 Å². The van der Waals surface area contributed by atoms with Gasteiger partial charge < -0.3 is 20.1 Å². The molecule has 124 valence electrons. The van der Waals surface area contributed by atoms with Gasteiger partial charge in [-0.1, -0.05) is 6.42 Å². The molecule has 2 saturated heterocycles. The van der Waals surface area contributed by atoms with E-state index in [9.17, 15) is 9.59 Å². The van der Waals surface area contributed by atoms with Crippen molar-refractivity contribution < 1.29 is 19.1 Å². The maximum Gasteiger partial charge on any atom is 0.228 e. The van der Waals surface area contributed by atoms with E-state index in [-0.39, 0.29) is 23.1 Å². The van der Waals surface area contributed by atoms with Gasteiger partial charge in [-0.25, -0.2) is 0 Å². The molecular weight excluding hydrogens is 284 g/mol. The molecule has 2 atom stereocenters. The Balaban J connectivity index is 1.75. The van der Waals surface area contributed by atoms with E-state index in [4.69, 9.17) is 15.2 Å². The molecule has 2 heterocycles. The molecule has 0 aromatic rings. The first-order valence-corrected chi connectivity index (χ1v) is 8.20. The average molecular weight is 310 g/mol. The number of methoxy groups -OCH3 is 1. The second-order valence-electron chi connectivity index (χ2n) is 7.10. The van der Waals surface area contributed by atoms with Gasteiger partial charge in [0.2, 0.25) is 11.8 Å². The molecule has 0 aromatic carbocycles. The van der Waals surface area contributed by atoms with Gasteiger partial charge in [-0.05, 0) is 25.7 Å². The Morgan fingerprint density at radius 3 is 2.68 bits per heavy atom. The highest BCUT2D eigenvalue weighted by molar-refractivity contribution is 5.87. The maximum atomic E-state index is 13.0. The zero-order valence-corrected chi connectivity index (χ0v) is 13.3. The molecule has 1 aliphatic carbocycles. The highest BCUT2D eigenvalue weighted by Crippen LogP contribution is 2.49. The minimum absolute atomic E-state index is 0.0438. The van der Waals surface area contributed by atoms with Crippen molar-refractivity contribution in [3.63, 3.8) is 0 Å². The Hall–Kier alpha value is -1.14. The van der Waals surface area contributed by atoms with Gasteiger partial charge in [0.05, 0.1) is 17.4 Å². The van der Waals surface area contributed by atoms with E-state index >= 15 is 0 Å². The Bertz CT molecular complexity index is 463. The van der Waals surface area contributed by atoms with E-state index in [0.717, 1.165) is 25.7 Å². The first-order valence-electron chi connectivity index (χ1n) is 8.20. The second kappa shape index (κ2) is 5.81. The fourth-order valence-corrected chi connectivity index (χ4v) is 4.31. The number of carbonyl (C=O) groups excluding carboxylic acids is 2. The van der Waals surface area contributed by atoms with Gasteiger partial charge in [0.1, 0.15) is 0 Å². The lowest BCUT2D eigenvalue weighted by atomic mass is 9.65. The van der Waals surface area contributed by atoms with Crippen LogP contribution in [0.2, 0.25) is 0 Å². The van der Waals surface area contributed by atoms with E-state index in [1.165, 1.54) is 0 Å². The first kappa shape index (κ1) is 15.7. The standard InChI is InChI=1S/C16H26N2O4/c1-21-7-5-15(3-2-4-15)14(20)18-9-12-10-22-8-6-16(12,11-18)13(17)19/h12H,2-11H2,1H3,(H2,17,19)/t12-,16+/m1/s1. The number of rotatable bonds is 5. The third-order valence-corrected chi connectivity index (χ3v) is 6.03. The van der Waals surface area contributed by atoms with Gasteiger partial charge in [-0.15, -0.1) is 0 Å². The second-order valence-corrected chi connectivity index (χ2v) is 7.10. The van der Waals surface area contributed by atoms with Crippen LogP contribution in [0.1, 0.15) is 32.1 Å². The topological polar surface area (TPSA) is 81.9 Å². The summed E-state index contributed by atoms with van der Waals surface area (Å²) in [5.41, 5.74) is 4.83. The zero-order chi connectivity index (χ0) is 15.8. The Morgan fingerprint density at radius 2 is 2.14 bits per heavy atom. The van der Waals surface area contributed by atoms with Crippen LogP contribution in [0.4, 0.5) is 0 Å². The zero-order valence-electron chi connectivity index (χ0n) is 13.3. The summed E-state index contributed by atoms with van der Waals surface area (Å²) >= 11 is 0. The fourth-order valence-electron chi connectivity index (χ4n) is 4.31. The van der Waals surface area contributed by atoms with E-state index in [0.29, 0.717) is 39.3 Å². The van der Waals surface area contributed by atoms with Crippen LogP contribution >= 0.6 is 0 Å². The van der Waals surface area contributed by atoms with Gasteiger partial charge in [-0.2, -0.15) is 0 Å². The molecule has 0 aromatic heterocycles. The van der Waals surface area contributed by atoms with Crippen molar-refractivity contribution in [2.75, 3.05) is 40.0 Å². The smallest absolute Gasteiger partial charge is 0.228 e. The van der Waals surface area contributed by atoms with Crippen LogP contribution in [0.15, 0.2) is 0 Å². The van der Waals surface area contributed by atoms with Crippen LogP contribution in [0.25, 0.3) is 0 Å². The minimum Gasteiger partial charge on any atom is -0.385 e. The number of amides is 2. The van der Waals surface area contributed by atoms with Gasteiger partial charge in [0.15, 0.2) is 0 Å². The van der Waals surface area contributed by atoms with Crippen molar-refractivity contribution in [1.29, 1.82) is 0 Å². The summed E-state index contributed by atoms with van der Waals surface area (Å²) < 4.78 is 10.7. The van der Waals surface area contributed by atoms with Crippen LogP contribution in [0.3, 0.4) is 0 Å². The van der Waals surface area contributed by atoms with Gasteiger partial charge in [0.25, 0.3) is 0 Å². The first-order chi connectivity index (χ1) is 10.5. The SMILES string of the molecule is COCCC1(C(=O)N2C[C@@H]3COCC[C@]3(C(N)=O)C2)CCC1. The predicted molar refractivity (Wildman–Crippen MR) is 79.9 cm³/mol. The fraction of sp³-hybridized carbons (Fsp3) is 0.875. The summed E-state index contributed by atoms with van der Waals surface area (Å²) in [6.45, 7) is 2.74. The molecular formula is C16H26N2O4. The van der Waals surface area contributed by atoms with Crippen molar-refractivity contribution in [2.24, 2.45) is 22.5 Å². The third-order valence-electron chi connectivity index (χ3n) is 6.03. The molecule has 0 unspecified atom stereocenters. The number of ether oxygens (including phenoxy) is 2. The normalized spacial score (nSPS) is 33.1. The molecule has 1 saturated carbocycles. The van der Waals surface area contributed by atoms with Gasteiger partial charge in [-0.3, -0.25) is 9.59 Å². The minimum atomic E-state index is -0.583. The van der Waals surface area contributed by atoms with Crippen LogP contribution in [0.5, 0.6) is 0 Å².